The van der Waals surface area contributed by atoms with Gasteiger partial charge in [0, 0.05) is 12.0 Å². The van der Waals surface area contributed by atoms with E-state index in [2.05, 4.69) is 0 Å². The molecule has 0 fully saturated rings. The van der Waals surface area contributed by atoms with E-state index in [1.807, 2.05) is 6.92 Å². The third-order valence-electron chi connectivity index (χ3n) is 0.981. The smallest absolute Gasteiger partial charge is 0.427 e. The molecule has 0 aliphatic rings. The van der Waals surface area contributed by atoms with E-state index in [1.165, 1.54) is 0 Å². The first-order valence-electron chi connectivity index (χ1n) is 3.09. The van der Waals surface area contributed by atoms with E-state index in [0.717, 1.165) is 6.42 Å². The van der Waals surface area contributed by atoms with Crippen LogP contribution in [-0.2, 0) is 0 Å². The minimum absolute atomic E-state index is 0.0911. The quantitative estimate of drug-likeness (QED) is 0.377. The molecule has 3 nitrogen and oxygen atoms in total. The summed E-state index contributed by atoms with van der Waals surface area (Å²) in [6.45, 7) is 1.96. The summed E-state index contributed by atoms with van der Waals surface area (Å²) in [6.07, 6.45) is 1.65. The largest absolute Gasteiger partial charge is 0.457 e. The van der Waals surface area contributed by atoms with Crippen LogP contribution in [0.2, 0.25) is 6.32 Å². The molecule has 0 heterocycles. The summed E-state index contributed by atoms with van der Waals surface area (Å²) in [5.74, 6) is 0. The van der Waals surface area contributed by atoms with E-state index in [-0.39, 0.29) is 6.32 Å². The van der Waals surface area contributed by atoms with Crippen molar-refractivity contribution in [3.05, 3.63) is 0 Å². The molecule has 9 heavy (non-hydrogen) atoms. The molecular formula is C5H12BNO2. The molecule has 0 aliphatic heterocycles. The van der Waals surface area contributed by atoms with Gasteiger partial charge in [0.2, 0.25) is 0 Å². The SMILES string of the molecule is CCCC(=N)CB(O)O. The molecule has 0 unspecified atom stereocenters. The first-order chi connectivity index (χ1) is 4.16. The van der Waals surface area contributed by atoms with Gasteiger partial charge in [0.1, 0.15) is 0 Å². The van der Waals surface area contributed by atoms with E-state index in [1.54, 1.807) is 0 Å². The lowest BCUT2D eigenvalue weighted by Crippen LogP contribution is -2.15. The number of hydrogen-bond donors (Lipinski definition) is 3. The maximum atomic E-state index is 8.36. The van der Waals surface area contributed by atoms with Crippen LogP contribution in [0, 0.1) is 5.41 Å². The van der Waals surface area contributed by atoms with E-state index < -0.39 is 7.12 Å². The van der Waals surface area contributed by atoms with Gasteiger partial charge in [-0.3, -0.25) is 0 Å². The van der Waals surface area contributed by atoms with Crippen LogP contribution in [0.15, 0.2) is 0 Å². The van der Waals surface area contributed by atoms with Gasteiger partial charge in [-0.15, -0.1) is 0 Å². The normalized spacial score (nSPS) is 9.22. The third-order valence-corrected chi connectivity index (χ3v) is 0.981. The van der Waals surface area contributed by atoms with Crippen LogP contribution in [0.5, 0.6) is 0 Å². The Morgan fingerprint density at radius 1 is 1.56 bits per heavy atom. The zero-order chi connectivity index (χ0) is 7.28. The zero-order valence-corrected chi connectivity index (χ0v) is 5.59. The average molecular weight is 129 g/mol. The van der Waals surface area contributed by atoms with E-state index in [0.29, 0.717) is 12.1 Å². The summed E-state index contributed by atoms with van der Waals surface area (Å²) in [7, 11) is -1.34. The highest BCUT2D eigenvalue weighted by atomic mass is 16.4. The molecule has 0 aromatic heterocycles. The molecule has 0 aromatic carbocycles. The van der Waals surface area contributed by atoms with Crippen molar-refractivity contribution in [3.63, 3.8) is 0 Å². The molecule has 0 radical (unpaired) electrons. The van der Waals surface area contributed by atoms with Gasteiger partial charge in [-0.25, -0.2) is 0 Å². The molecule has 0 aromatic rings. The fourth-order valence-corrected chi connectivity index (χ4v) is 0.624. The van der Waals surface area contributed by atoms with Gasteiger partial charge >= 0.3 is 7.12 Å². The molecule has 0 bridgehead atoms. The van der Waals surface area contributed by atoms with Crippen molar-refractivity contribution < 1.29 is 10.0 Å². The van der Waals surface area contributed by atoms with Crippen molar-refractivity contribution in [3.8, 4) is 0 Å². The van der Waals surface area contributed by atoms with Crippen molar-refractivity contribution in [2.24, 2.45) is 0 Å². The summed E-state index contributed by atoms with van der Waals surface area (Å²) in [5.41, 5.74) is 0.410. The molecule has 52 valence electrons. The monoisotopic (exact) mass is 129 g/mol. The highest BCUT2D eigenvalue weighted by Gasteiger charge is 2.08. The summed E-state index contributed by atoms with van der Waals surface area (Å²) in [5, 5.41) is 23.8. The van der Waals surface area contributed by atoms with E-state index in [4.69, 9.17) is 15.5 Å². The first kappa shape index (κ1) is 8.65. The summed E-state index contributed by atoms with van der Waals surface area (Å²) >= 11 is 0. The van der Waals surface area contributed by atoms with Gasteiger partial charge in [0.15, 0.2) is 0 Å². The van der Waals surface area contributed by atoms with Crippen LogP contribution in [0.3, 0.4) is 0 Å². The second-order valence-corrected chi connectivity index (χ2v) is 2.04. The predicted octanol–water partition coefficient (Wildman–Crippen LogP) is 0.279. The second kappa shape index (κ2) is 4.53. The van der Waals surface area contributed by atoms with E-state index in [9.17, 15) is 0 Å². The van der Waals surface area contributed by atoms with Crippen LogP contribution >= 0.6 is 0 Å². The number of nitrogens with one attached hydrogen (secondary N) is 1. The molecule has 0 amide bonds. The lowest BCUT2D eigenvalue weighted by molar-refractivity contribution is 0.412. The average Bonchev–Trinajstić information content (AvgIpc) is 1.63. The van der Waals surface area contributed by atoms with Gasteiger partial charge in [-0.2, -0.15) is 0 Å². The maximum absolute atomic E-state index is 8.36. The topological polar surface area (TPSA) is 64.3 Å². The van der Waals surface area contributed by atoms with Gasteiger partial charge in [0.25, 0.3) is 0 Å². The number of rotatable bonds is 4. The van der Waals surface area contributed by atoms with E-state index >= 15 is 0 Å². The fourth-order valence-electron chi connectivity index (χ4n) is 0.624. The standard InChI is InChI=1S/C5H12BNO2/c1-2-3-5(7)4-6(8)9/h7-9H,2-4H2,1H3. The molecule has 0 atom stereocenters. The van der Waals surface area contributed by atoms with Crippen LogP contribution in [0.25, 0.3) is 0 Å². The molecular weight excluding hydrogens is 117 g/mol. The van der Waals surface area contributed by atoms with Crippen molar-refractivity contribution in [2.45, 2.75) is 26.1 Å². The molecule has 0 aliphatic carbocycles. The Bertz CT molecular complexity index is 95.0. The summed E-state index contributed by atoms with van der Waals surface area (Å²) in [4.78, 5) is 0. The summed E-state index contributed by atoms with van der Waals surface area (Å²) < 4.78 is 0. The fraction of sp³-hybridized carbons (Fsp3) is 0.800. The van der Waals surface area contributed by atoms with Gasteiger partial charge < -0.3 is 15.5 Å². The Hall–Kier alpha value is -0.345. The van der Waals surface area contributed by atoms with Gasteiger partial charge in [0.05, 0.1) is 0 Å². The first-order valence-corrected chi connectivity index (χ1v) is 3.09. The Kier molecular flexibility index (Phi) is 4.35. The highest BCUT2D eigenvalue weighted by molar-refractivity contribution is 6.46. The van der Waals surface area contributed by atoms with Gasteiger partial charge in [-0.05, 0) is 6.42 Å². The molecule has 3 N–H and O–H groups in total. The van der Waals surface area contributed by atoms with Crippen molar-refractivity contribution in [2.75, 3.05) is 0 Å². The maximum Gasteiger partial charge on any atom is 0.457 e. The Balaban J connectivity index is 3.27. The molecule has 0 rings (SSSR count). The molecule has 4 heteroatoms. The van der Waals surface area contributed by atoms with Crippen molar-refractivity contribution in [1.29, 1.82) is 5.41 Å². The Labute approximate surface area is 55.4 Å². The summed E-state index contributed by atoms with van der Waals surface area (Å²) in [6, 6.07) is 0. The number of hydrogen-bond acceptors (Lipinski definition) is 3. The molecule has 0 saturated carbocycles. The Morgan fingerprint density at radius 2 is 2.11 bits per heavy atom. The second-order valence-electron chi connectivity index (χ2n) is 2.04. The van der Waals surface area contributed by atoms with Gasteiger partial charge in [-0.1, -0.05) is 13.3 Å². The van der Waals surface area contributed by atoms with Crippen molar-refractivity contribution >= 4 is 12.8 Å². The van der Waals surface area contributed by atoms with Crippen LogP contribution in [-0.4, -0.2) is 22.9 Å². The minimum atomic E-state index is -1.34. The predicted molar refractivity (Wildman–Crippen MR) is 37.6 cm³/mol. The third kappa shape index (κ3) is 5.53. The van der Waals surface area contributed by atoms with Crippen molar-refractivity contribution in [1.82, 2.24) is 0 Å². The minimum Gasteiger partial charge on any atom is -0.427 e. The molecule has 0 saturated heterocycles. The zero-order valence-electron chi connectivity index (χ0n) is 5.59. The van der Waals surface area contributed by atoms with Crippen LogP contribution in [0.4, 0.5) is 0 Å². The molecule has 0 spiro atoms. The van der Waals surface area contributed by atoms with Crippen LogP contribution < -0.4 is 0 Å². The Morgan fingerprint density at radius 3 is 2.44 bits per heavy atom. The highest BCUT2D eigenvalue weighted by Crippen LogP contribution is 1.95. The lowest BCUT2D eigenvalue weighted by atomic mass is 9.82. The lowest BCUT2D eigenvalue weighted by Gasteiger charge is -1.98. The van der Waals surface area contributed by atoms with Crippen LogP contribution in [0.1, 0.15) is 19.8 Å².